The van der Waals surface area contributed by atoms with E-state index in [1.165, 1.54) is 0 Å². The van der Waals surface area contributed by atoms with Gasteiger partial charge in [-0.05, 0) is 56.2 Å². The van der Waals surface area contributed by atoms with Gasteiger partial charge in [-0.15, -0.1) is 0 Å². The summed E-state index contributed by atoms with van der Waals surface area (Å²) in [5.41, 5.74) is 2.61. The number of piperidine rings is 1. The van der Waals surface area contributed by atoms with Gasteiger partial charge < -0.3 is 10.2 Å². The fourth-order valence-corrected chi connectivity index (χ4v) is 3.13. The van der Waals surface area contributed by atoms with Gasteiger partial charge in [-0.2, -0.15) is 0 Å². The molecule has 0 radical (unpaired) electrons. The maximum atomic E-state index is 12.5. The SMILES string of the molecule is Cc1ccc(NC(=O)C2CCN(C(=O)c3ccc(Cl)cc3)CC2)cc1. The van der Waals surface area contributed by atoms with Gasteiger partial charge in [-0.25, -0.2) is 0 Å². The van der Waals surface area contributed by atoms with Crippen molar-refractivity contribution in [1.82, 2.24) is 4.90 Å². The van der Waals surface area contributed by atoms with E-state index >= 15 is 0 Å². The molecule has 1 saturated heterocycles. The third-order valence-corrected chi connectivity index (χ3v) is 4.82. The Balaban J connectivity index is 1.54. The lowest BCUT2D eigenvalue weighted by molar-refractivity contribution is -0.121. The fraction of sp³-hybridized carbons (Fsp3) is 0.300. The summed E-state index contributed by atoms with van der Waals surface area (Å²) in [7, 11) is 0. The second kappa shape index (κ2) is 7.70. The van der Waals surface area contributed by atoms with Gasteiger partial charge >= 0.3 is 0 Å². The van der Waals surface area contributed by atoms with E-state index in [0.717, 1.165) is 11.3 Å². The van der Waals surface area contributed by atoms with E-state index in [1.807, 2.05) is 31.2 Å². The van der Waals surface area contributed by atoms with E-state index in [2.05, 4.69) is 5.32 Å². The van der Waals surface area contributed by atoms with Crippen LogP contribution in [0.15, 0.2) is 48.5 Å². The number of halogens is 1. The molecule has 0 spiro atoms. The van der Waals surface area contributed by atoms with Gasteiger partial charge in [-0.3, -0.25) is 9.59 Å². The molecule has 0 unspecified atom stereocenters. The van der Waals surface area contributed by atoms with Gasteiger partial charge in [-0.1, -0.05) is 29.3 Å². The Labute approximate surface area is 152 Å². The quantitative estimate of drug-likeness (QED) is 0.898. The minimum Gasteiger partial charge on any atom is -0.339 e. The zero-order valence-corrected chi connectivity index (χ0v) is 14.9. The maximum Gasteiger partial charge on any atom is 0.253 e. The van der Waals surface area contributed by atoms with Crippen LogP contribution in [0.2, 0.25) is 5.02 Å². The monoisotopic (exact) mass is 356 g/mol. The molecule has 0 aromatic heterocycles. The van der Waals surface area contributed by atoms with Crippen molar-refractivity contribution in [1.29, 1.82) is 0 Å². The second-order valence-electron chi connectivity index (χ2n) is 6.43. The molecule has 1 fully saturated rings. The molecule has 1 aliphatic heterocycles. The predicted molar refractivity (Wildman–Crippen MR) is 99.9 cm³/mol. The molecule has 4 nitrogen and oxygen atoms in total. The topological polar surface area (TPSA) is 49.4 Å². The number of nitrogens with zero attached hydrogens (tertiary/aromatic N) is 1. The second-order valence-corrected chi connectivity index (χ2v) is 6.87. The first-order valence-electron chi connectivity index (χ1n) is 8.45. The van der Waals surface area contributed by atoms with Gasteiger partial charge in [0.05, 0.1) is 0 Å². The molecule has 2 aromatic rings. The normalized spacial score (nSPS) is 15.0. The Morgan fingerprint density at radius 1 is 1.00 bits per heavy atom. The van der Waals surface area contributed by atoms with E-state index in [9.17, 15) is 9.59 Å². The van der Waals surface area contributed by atoms with Gasteiger partial charge in [0, 0.05) is 35.3 Å². The van der Waals surface area contributed by atoms with Crippen molar-refractivity contribution in [2.45, 2.75) is 19.8 Å². The lowest BCUT2D eigenvalue weighted by Crippen LogP contribution is -2.41. The zero-order valence-electron chi connectivity index (χ0n) is 14.2. The van der Waals surface area contributed by atoms with Gasteiger partial charge in [0.1, 0.15) is 0 Å². The Hall–Kier alpha value is -2.33. The number of aryl methyl sites for hydroxylation is 1. The molecule has 5 heteroatoms. The molecule has 0 aliphatic carbocycles. The van der Waals surface area contributed by atoms with Crippen LogP contribution in [0.25, 0.3) is 0 Å². The lowest BCUT2D eigenvalue weighted by Gasteiger charge is -2.31. The van der Waals surface area contributed by atoms with Gasteiger partial charge in [0.2, 0.25) is 5.91 Å². The number of benzene rings is 2. The summed E-state index contributed by atoms with van der Waals surface area (Å²) in [6.45, 7) is 3.19. The highest BCUT2D eigenvalue weighted by molar-refractivity contribution is 6.30. The van der Waals surface area contributed by atoms with Crippen molar-refractivity contribution in [2.24, 2.45) is 5.92 Å². The summed E-state index contributed by atoms with van der Waals surface area (Å²) in [5, 5.41) is 3.58. The number of hydrogen-bond acceptors (Lipinski definition) is 2. The fourth-order valence-electron chi connectivity index (χ4n) is 3.00. The lowest BCUT2D eigenvalue weighted by atomic mass is 9.95. The first-order valence-corrected chi connectivity index (χ1v) is 8.83. The summed E-state index contributed by atoms with van der Waals surface area (Å²) in [6, 6.07) is 14.7. The molecule has 1 N–H and O–H groups in total. The molecule has 2 aromatic carbocycles. The number of rotatable bonds is 3. The summed E-state index contributed by atoms with van der Waals surface area (Å²) in [5.74, 6) is -0.0351. The average Bonchev–Trinajstić information content (AvgIpc) is 2.64. The highest BCUT2D eigenvalue weighted by Crippen LogP contribution is 2.21. The number of carbonyl (C=O) groups is 2. The molecule has 1 heterocycles. The number of likely N-dealkylation sites (tertiary alicyclic amines) is 1. The van der Waals surface area contributed by atoms with Crippen LogP contribution >= 0.6 is 11.6 Å². The minimum atomic E-state index is -0.0597. The minimum absolute atomic E-state index is 0.00550. The third-order valence-electron chi connectivity index (χ3n) is 4.56. The first-order chi connectivity index (χ1) is 12.0. The number of amides is 2. The van der Waals surface area contributed by atoms with Crippen molar-refractivity contribution >= 4 is 29.1 Å². The number of hydrogen-bond donors (Lipinski definition) is 1. The third kappa shape index (κ3) is 4.40. The number of nitrogens with one attached hydrogen (secondary N) is 1. The summed E-state index contributed by atoms with van der Waals surface area (Å²) >= 11 is 5.86. The molecular weight excluding hydrogens is 336 g/mol. The van der Waals surface area contributed by atoms with E-state index in [0.29, 0.717) is 36.5 Å². The number of carbonyl (C=O) groups excluding carboxylic acids is 2. The van der Waals surface area contributed by atoms with Crippen LogP contribution in [0, 0.1) is 12.8 Å². The van der Waals surface area contributed by atoms with Crippen LogP contribution in [0.4, 0.5) is 5.69 Å². The van der Waals surface area contributed by atoms with Crippen molar-refractivity contribution < 1.29 is 9.59 Å². The molecule has 0 bridgehead atoms. The molecule has 25 heavy (non-hydrogen) atoms. The molecular formula is C20H21ClN2O2. The van der Waals surface area contributed by atoms with Crippen molar-refractivity contribution in [3.8, 4) is 0 Å². The Kier molecular flexibility index (Phi) is 5.39. The smallest absolute Gasteiger partial charge is 0.253 e. The van der Waals surface area contributed by atoms with Crippen LogP contribution in [-0.4, -0.2) is 29.8 Å². The number of anilines is 1. The van der Waals surface area contributed by atoms with E-state index in [1.54, 1.807) is 29.2 Å². The van der Waals surface area contributed by atoms with Crippen LogP contribution in [0.1, 0.15) is 28.8 Å². The van der Waals surface area contributed by atoms with Crippen molar-refractivity contribution in [2.75, 3.05) is 18.4 Å². The predicted octanol–water partition coefficient (Wildman–Crippen LogP) is 4.14. The summed E-state index contributed by atoms with van der Waals surface area (Å²) < 4.78 is 0. The van der Waals surface area contributed by atoms with Crippen LogP contribution in [0.3, 0.4) is 0 Å². The van der Waals surface area contributed by atoms with Gasteiger partial charge in [0.25, 0.3) is 5.91 Å². The average molecular weight is 357 g/mol. The highest BCUT2D eigenvalue weighted by Gasteiger charge is 2.27. The highest BCUT2D eigenvalue weighted by atomic mass is 35.5. The van der Waals surface area contributed by atoms with Crippen LogP contribution in [-0.2, 0) is 4.79 Å². The standard InChI is InChI=1S/C20H21ClN2O2/c1-14-2-8-18(9-3-14)22-19(24)15-10-12-23(13-11-15)20(25)16-4-6-17(21)7-5-16/h2-9,15H,10-13H2,1H3,(H,22,24). The largest absolute Gasteiger partial charge is 0.339 e. The molecule has 0 atom stereocenters. The Morgan fingerprint density at radius 3 is 2.20 bits per heavy atom. The van der Waals surface area contributed by atoms with Gasteiger partial charge in [0.15, 0.2) is 0 Å². The molecule has 0 saturated carbocycles. The molecule has 130 valence electrons. The van der Waals surface area contributed by atoms with E-state index < -0.39 is 0 Å². The Bertz CT molecular complexity index is 748. The van der Waals surface area contributed by atoms with Crippen molar-refractivity contribution in [3.05, 3.63) is 64.7 Å². The Morgan fingerprint density at radius 2 is 1.60 bits per heavy atom. The van der Waals surface area contributed by atoms with Crippen LogP contribution < -0.4 is 5.32 Å². The summed E-state index contributed by atoms with van der Waals surface area (Å²) in [4.78, 5) is 26.7. The molecule has 1 aliphatic rings. The van der Waals surface area contributed by atoms with E-state index in [4.69, 9.17) is 11.6 Å². The first kappa shape index (κ1) is 17.5. The van der Waals surface area contributed by atoms with Crippen LogP contribution in [0.5, 0.6) is 0 Å². The maximum absolute atomic E-state index is 12.5. The van der Waals surface area contributed by atoms with E-state index in [-0.39, 0.29) is 17.7 Å². The summed E-state index contributed by atoms with van der Waals surface area (Å²) in [6.07, 6.45) is 1.36. The molecule has 3 rings (SSSR count). The molecule has 2 amide bonds. The van der Waals surface area contributed by atoms with Crippen molar-refractivity contribution in [3.63, 3.8) is 0 Å². The zero-order chi connectivity index (χ0) is 17.8.